The minimum absolute atomic E-state index is 0.247. The van der Waals surface area contributed by atoms with Crippen molar-refractivity contribution in [3.05, 3.63) is 60.2 Å². The Morgan fingerprint density at radius 2 is 1.75 bits per heavy atom. The highest BCUT2D eigenvalue weighted by Gasteiger charge is 2.56. The van der Waals surface area contributed by atoms with E-state index in [0.29, 0.717) is 37.4 Å². The number of alkyl carbamates (subject to hydrolysis) is 1. The molecule has 194 valence electrons. The maximum atomic E-state index is 13.9. The molecule has 1 unspecified atom stereocenters. The zero-order valence-electron chi connectivity index (χ0n) is 21.7. The number of hydrogen-bond donors (Lipinski definition) is 1. The minimum atomic E-state index is -1.46. The molecule has 3 rings (SSSR count). The van der Waals surface area contributed by atoms with Crippen LogP contribution < -0.4 is 15.0 Å². The van der Waals surface area contributed by atoms with E-state index in [1.807, 2.05) is 37.3 Å². The SMILES string of the molecule is CCC[C@H](C(=O)OC)C1(NC(=O)OC(C)(C)C)CCN(c2ccc(OCc3ccccc3)cc2)C1=O. The van der Waals surface area contributed by atoms with Gasteiger partial charge < -0.3 is 24.4 Å². The molecule has 8 nitrogen and oxygen atoms in total. The van der Waals surface area contributed by atoms with Crippen molar-refractivity contribution in [1.82, 2.24) is 5.32 Å². The number of anilines is 1. The van der Waals surface area contributed by atoms with Gasteiger partial charge in [0, 0.05) is 12.2 Å². The highest BCUT2D eigenvalue weighted by Crippen LogP contribution is 2.37. The summed E-state index contributed by atoms with van der Waals surface area (Å²) in [6, 6.07) is 17.0. The lowest BCUT2D eigenvalue weighted by atomic mass is 9.79. The molecule has 1 aliphatic rings. The molecule has 0 radical (unpaired) electrons. The third-order valence-electron chi connectivity index (χ3n) is 6.14. The van der Waals surface area contributed by atoms with E-state index in [4.69, 9.17) is 14.2 Å². The second kappa shape index (κ2) is 11.5. The van der Waals surface area contributed by atoms with Crippen molar-refractivity contribution >= 4 is 23.7 Å². The number of carbonyl (C=O) groups is 3. The van der Waals surface area contributed by atoms with Crippen molar-refractivity contribution in [3.8, 4) is 5.75 Å². The van der Waals surface area contributed by atoms with E-state index in [-0.39, 0.29) is 12.3 Å². The van der Waals surface area contributed by atoms with Crippen molar-refractivity contribution in [1.29, 1.82) is 0 Å². The first-order valence-electron chi connectivity index (χ1n) is 12.3. The number of ether oxygens (including phenoxy) is 3. The normalized spacial score (nSPS) is 18.5. The molecule has 0 aromatic heterocycles. The summed E-state index contributed by atoms with van der Waals surface area (Å²) >= 11 is 0. The molecule has 36 heavy (non-hydrogen) atoms. The van der Waals surface area contributed by atoms with E-state index in [9.17, 15) is 14.4 Å². The number of amides is 2. The van der Waals surface area contributed by atoms with Gasteiger partial charge in [-0.15, -0.1) is 0 Å². The molecule has 0 saturated carbocycles. The average Bonchev–Trinajstić information content (AvgIpc) is 3.16. The van der Waals surface area contributed by atoms with Crippen LogP contribution in [0.2, 0.25) is 0 Å². The first-order chi connectivity index (χ1) is 17.1. The van der Waals surface area contributed by atoms with Gasteiger partial charge in [-0.2, -0.15) is 0 Å². The molecule has 1 fully saturated rings. The van der Waals surface area contributed by atoms with Gasteiger partial charge in [0.1, 0.15) is 23.5 Å². The van der Waals surface area contributed by atoms with Crippen LogP contribution in [0.3, 0.4) is 0 Å². The number of nitrogens with one attached hydrogen (secondary N) is 1. The van der Waals surface area contributed by atoms with E-state index in [1.165, 1.54) is 7.11 Å². The molecule has 0 bridgehead atoms. The summed E-state index contributed by atoms with van der Waals surface area (Å²) in [5, 5.41) is 2.77. The summed E-state index contributed by atoms with van der Waals surface area (Å²) in [6.45, 7) is 7.91. The lowest BCUT2D eigenvalue weighted by Gasteiger charge is -2.35. The van der Waals surface area contributed by atoms with Gasteiger partial charge in [-0.1, -0.05) is 43.7 Å². The van der Waals surface area contributed by atoms with Crippen molar-refractivity contribution in [2.45, 2.75) is 64.7 Å². The highest BCUT2D eigenvalue weighted by molar-refractivity contribution is 6.06. The Balaban J connectivity index is 1.83. The Morgan fingerprint density at radius 3 is 2.33 bits per heavy atom. The number of nitrogens with zero attached hydrogens (tertiary/aromatic N) is 1. The molecule has 2 amide bonds. The summed E-state index contributed by atoms with van der Waals surface area (Å²) in [7, 11) is 1.29. The Morgan fingerprint density at radius 1 is 1.08 bits per heavy atom. The number of benzene rings is 2. The van der Waals surface area contributed by atoms with Crippen molar-refractivity contribution in [2.75, 3.05) is 18.6 Å². The largest absolute Gasteiger partial charge is 0.489 e. The van der Waals surface area contributed by atoms with E-state index in [2.05, 4.69) is 5.32 Å². The maximum Gasteiger partial charge on any atom is 0.408 e. The summed E-state index contributed by atoms with van der Waals surface area (Å²) in [5.41, 5.74) is -0.513. The molecule has 0 aliphatic carbocycles. The second-order valence-electron chi connectivity index (χ2n) is 9.94. The van der Waals surface area contributed by atoms with E-state index in [0.717, 1.165) is 5.56 Å². The monoisotopic (exact) mass is 496 g/mol. The smallest absolute Gasteiger partial charge is 0.408 e. The summed E-state index contributed by atoms with van der Waals surface area (Å²) in [5.74, 6) is -1.07. The van der Waals surface area contributed by atoms with Crippen LogP contribution in [0.4, 0.5) is 10.5 Å². The lowest BCUT2D eigenvalue weighted by Crippen LogP contribution is -2.61. The van der Waals surface area contributed by atoms with Gasteiger partial charge in [0.15, 0.2) is 0 Å². The van der Waals surface area contributed by atoms with Gasteiger partial charge >= 0.3 is 12.1 Å². The number of esters is 1. The number of methoxy groups -OCH3 is 1. The third kappa shape index (κ3) is 6.36. The van der Waals surface area contributed by atoms with Crippen LogP contribution in [0.5, 0.6) is 5.75 Å². The van der Waals surface area contributed by atoms with Gasteiger partial charge in [0.05, 0.1) is 13.0 Å². The predicted octanol–water partition coefficient (Wildman–Crippen LogP) is 4.86. The topological polar surface area (TPSA) is 94.2 Å². The minimum Gasteiger partial charge on any atom is -0.489 e. The molecule has 2 aromatic rings. The van der Waals surface area contributed by atoms with Crippen LogP contribution in [0.15, 0.2) is 54.6 Å². The fourth-order valence-electron chi connectivity index (χ4n) is 4.46. The molecule has 1 N–H and O–H groups in total. The van der Waals surface area contributed by atoms with Crippen molar-refractivity contribution < 1.29 is 28.6 Å². The van der Waals surface area contributed by atoms with Gasteiger partial charge in [-0.05, 0) is 63.4 Å². The van der Waals surface area contributed by atoms with Crippen molar-refractivity contribution in [2.24, 2.45) is 5.92 Å². The van der Waals surface area contributed by atoms with Crippen LogP contribution in [0, 0.1) is 5.92 Å². The molecule has 2 atom stereocenters. The van der Waals surface area contributed by atoms with Crippen LogP contribution >= 0.6 is 0 Å². The first kappa shape index (κ1) is 27.0. The van der Waals surface area contributed by atoms with Crippen LogP contribution in [-0.2, 0) is 25.7 Å². The zero-order chi connectivity index (χ0) is 26.3. The predicted molar refractivity (Wildman–Crippen MR) is 137 cm³/mol. The summed E-state index contributed by atoms with van der Waals surface area (Å²) < 4.78 is 16.3. The van der Waals surface area contributed by atoms with Crippen LogP contribution in [0.25, 0.3) is 0 Å². The third-order valence-corrected chi connectivity index (χ3v) is 6.14. The Bertz CT molecular complexity index is 1050. The Hall–Kier alpha value is -3.55. The molecular formula is C28H36N2O6. The standard InChI is InChI=1S/C28H36N2O6/c1-6-10-23(24(31)34-5)28(29-26(33)36-27(2,3)4)17-18-30(25(28)32)21-13-15-22(16-14-21)35-19-20-11-8-7-9-12-20/h7-9,11-16,23H,6,10,17-19H2,1-5H3,(H,29,33)/t23-,28?/m1/s1. The fraction of sp³-hybridized carbons (Fsp3) is 0.464. The van der Waals surface area contributed by atoms with Gasteiger partial charge in [0.25, 0.3) is 5.91 Å². The van der Waals surface area contributed by atoms with E-state index < -0.39 is 29.1 Å². The maximum absolute atomic E-state index is 13.9. The number of carbonyl (C=O) groups excluding carboxylic acids is 3. The van der Waals surface area contributed by atoms with Crippen molar-refractivity contribution in [3.63, 3.8) is 0 Å². The van der Waals surface area contributed by atoms with E-state index in [1.54, 1.807) is 49.9 Å². The van der Waals surface area contributed by atoms with Crippen LogP contribution in [0.1, 0.15) is 52.5 Å². The quantitative estimate of drug-likeness (QED) is 0.499. The molecule has 8 heteroatoms. The Labute approximate surface area is 212 Å². The Kier molecular flexibility index (Phi) is 8.61. The summed E-state index contributed by atoms with van der Waals surface area (Å²) in [6.07, 6.45) is 0.524. The molecule has 2 aromatic carbocycles. The fourth-order valence-corrected chi connectivity index (χ4v) is 4.46. The molecule has 1 heterocycles. The number of hydrogen-bond acceptors (Lipinski definition) is 6. The molecule has 0 spiro atoms. The van der Waals surface area contributed by atoms with Gasteiger partial charge in [-0.25, -0.2) is 4.79 Å². The highest BCUT2D eigenvalue weighted by atomic mass is 16.6. The summed E-state index contributed by atoms with van der Waals surface area (Å²) in [4.78, 5) is 41.0. The molecule has 1 aliphatic heterocycles. The molecular weight excluding hydrogens is 460 g/mol. The second-order valence-corrected chi connectivity index (χ2v) is 9.94. The van der Waals surface area contributed by atoms with Gasteiger partial charge in [0.2, 0.25) is 0 Å². The molecule has 1 saturated heterocycles. The van der Waals surface area contributed by atoms with E-state index >= 15 is 0 Å². The zero-order valence-corrected chi connectivity index (χ0v) is 21.7. The first-order valence-corrected chi connectivity index (χ1v) is 12.3. The lowest BCUT2D eigenvalue weighted by molar-refractivity contribution is -0.151. The van der Waals surface area contributed by atoms with Gasteiger partial charge in [-0.3, -0.25) is 9.59 Å². The van der Waals surface area contributed by atoms with Crippen LogP contribution in [-0.4, -0.2) is 42.8 Å². The average molecular weight is 497 g/mol. The number of rotatable bonds is 9.